The molecule has 1 aliphatic carbocycles. The molecule has 9 nitrogen and oxygen atoms in total. The van der Waals surface area contributed by atoms with E-state index in [2.05, 4.69) is 12.0 Å². The van der Waals surface area contributed by atoms with Gasteiger partial charge in [0.05, 0.1) is 43.0 Å². The van der Waals surface area contributed by atoms with Crippen molar-refractivity contribution < 1.29 is 23.9 Å². The first-order valence-electron chi connectivity index (χ1n) is 15.0. The first-order valence-corrected chi connectivity index (χ1v) is 15.0. The molecule has 218 valence electrons. The third kappa shape index (κ3) is 5.61. The first-order chi connectivity index (χ1) is 19.0. The van der Waals surface area contributed by atoms with Crippen LogP contribution in [0.25, 0.3) is 5.65 Å². The van der Waals surface area contributed by atoms with Crippen molar-refractivity contribution >= 4 is 23.8 Å². The molecule has 2 aromatic heterocycles. The van der Waals surface area contributed by atoms with Crippen molar-refractivity contribution in [2.45, 2.75) is 110 Å². The van der Waals surface area contributed by atoms with Crippen LogP contribution in [0.5, 0.6) is 5.75 Å². The number of carbonyl (C=O) groups excluding carboxylic acids is 3. The smallest absolute Gasteiger partial charge is 0.307 e. The molecule has 2 aromatic rings. The molecule has 2 aliphatic heterocycles. The van der Waals surface area contributed by atoms with Gasteiger partial charge in [0.1, 0.15) is 18.0 Å². The normalized spacial score (nSPS) is 32.5. The van der Waals surface area contributed by atoms with Crippen LogP contribution in [-0.4, -0.2) is 62.0 Å². The van der Waals surface area contributed by atoms with E-state index in [0.717, 1.165) is 69.0 Å². The highest BCUT2D eigenvalue weighted by atomic mass is 16.6. The zero-order valence-corrected chi connectivity index (χ0v) is 24.6. The average molecular weight is 553 g/mol. The number of nitrogens with zero attached hydrogens (tertiary/aromatic N) is 4. The number of ether oxygens (including phenoxy) is 2. The number of carbonyl (C=O) groups is 3. The minimum Gasteiger partial charge on any atom is -0.485 e. The second kappa shape index (κ2) is 11.1. The van der Waals surface area contributed by atoms with Crippen LogP contribution in [0, 0.1) is 23.2 Å². The van der Waals surface area contributed by atoms with Gasteiger partial charge in [-0.05, 0) is 56.8 Å². The van der Waals surface area contributed by atoms with Crippen molar-refractivity contribution in [1.82, 2.24) is 19.5 Å². The van der Waals surface area contributed by atoms with Crippen molar-refractivity contribution in [3.8, 4) is 5.75 Å². The quantitative estimate of drug-likeness (QED) is 0.370. The van der Waals surface area contributed by atoms with E-state index >= 15 is 0 Å². The minimum absolute atomic E-state index is 0.00331. The van der Waals surface area contributed by atoms with Crippen LogP contribution >= 0.6 is 0 Å². The van der Waals surface area contributed by atoms with E-state index in [1.54, 1.807) is 15.6 Å². The Kier molecular flexibility index (Phi) is 7.94. The van der Waals surface area contributed by atoms with Crippen LogP contribution in [0.3, 0.4) is 0 Å². The van der Waals surface area contributed by atoms with Crippen LogP contribution < -0.4 is 4.74 Å². The third-order valence-corrected chi connectivity index (χ3v) is 9.60. The maximum Gasteiger partial charge on any atom is 0.307 e. The van der Waals surface area contributed by atoms with Crippen LogP contribution in [0.2, 0.25) is 0 Å². The molecule has 0 radical (unpaired) electrons. The highest BCUT2D eigenvalue weighted by Gasteiger charge is 2.48. The van der Waals surface area contributed by atoms with Gasteiger partial charge in [-0.25, -0.2) is 9.50 Å². The molecule has 40 heavy (non-hydrogen) atoms. The number of aromatic nitrogens is 3. The second-order valence-corrected chi connectivity index (χ2v) is 13.4. The molecule has 6 atom stereocenters. The van der Waals surface area contributed by atoms with Crippen molar-refractivity contribution in [2.75, 3.05) is 6.54 Å². The molecule has 0 aromatic carbocycles. The lowest BCUT2D eigenvalue weighted by Crippen LogP contribution is -2.47. The van der Waals surface area contributed by atoms with Crippen molar-refractivity contribution in [1.29, 1.82) is 0 Å². The number of hydrogen-bond donors (Lipinski definition) is 0. The number of hydrogen-bond acceptors (Lipinski definition) is 7. The van der Waals surface area contributed by atoms with Crippen LogP contribution in [0.1, 0.15) is 91.7 Å². The number of esters is 1. The summed E-state index contributed by atoms with van der Waals surface area (Å²) in [6.45, 7) is 10.2. The Morgan fingerprint density at radius 3 is 2.65 bits per heavy atom. The van der Waals surface area contributed by atoms with E-state index < -0.39 is 29.1 Å². The van der Waals surface area contributed by atoms with E-state index in [1.807, 2.05) is 40.0 Å². The summed E-state index contributed by atoms with van der Waals surface area (Å²) in [5.41, 5.74) is 0.650. The molecule has 4 heterocycles. The summed E-state index contributed by atoms with van der Waals surface area (Å²) in [6, 6.07) is 1.24. The van der Waals surface area contributed by atoms with Gasteiger partial charge >= 0.3 is 5.97 Å². The fourth-order valence-corrected chi connectivity index (χ4v) is 6.96. The second-order valence-electron chi connectivity index (χ2n) is 13.4. The van der Waals surface area contributed by atoms with Gasteiger partial charge in [-0.15, -0.1) is 0 Å². The molecule has 5 rings (SSSR count). The van der Waals surface area contributed by atoms with E-state index in [4.69, 9.17) is 14.5 Å². The molecule has 3 aliphatic rings. The Labute approximate surface area is 237 Å². The molecule has 0 spiro atoms. The maximum absolute atomic E-state index is 14.1. The average Bonchev–Trinajstić information content (AvgIpc) is 3.58. The largest absolute Gasteiger partial charge is 0.485 e. The molecular formula is C31H44N4O5. The molecule has 2 bridgehead atoms. The molecule has 1 saturated carbocycles. The highest BCUT2D eigenvalue weighted by molar-refractivity contribution is 5.87. The summed E-state index contributed by atoms with van der Waals surface area (Å²) in [6.07, 6.45) is 11.8. The maximum atomic E-state index is 14.1. The Bertz CT molecular complexity index is 1250. The predicted octanol–water partition coefficient (Wildman–Crippen LogP) is 4.79. The molecule has 0 N–H and O–H groups in total. The lowest BCUT2D eigenvalue weighted by Gasteiger charge is -2.36. The van der Waals surface area contributed by atoms with E-state index in [1.165, 1.54) is 0 Å². The molecule has 1 amide bonds. The van der Waals surface area contributed by atoms with Gasteiger partial charge in [-0.3, -0.25) is 9.59 Å². The van der Waals surface area contributed by atoms with Crippen LogP contribution in [-0.2, 0) is 25.5 Å². The molecule has 0 unspecified atom stereocenters. The summed E-state index contributed by atoms with van der Waals surface area (Å²) in [7, 11) is 0. The highest BCUT2D eigenvalue weighted by Crippen LogP contribution is 2.43. The van der Waals surface area contributed by atoms with E-state index in [0.29, 0.717) is 11.7 Å². The van der Waals surface area contributed by atoms with Gasteiger partial charge < -0.3 is 19.2 Å². The zero-order chi connectivity index (χ0) is 28.7. The Balaban J connectivity index is 1.49. The third-order valence-electron chi connectivity index (χ3n) is 9.60. The predicted molar refractivity (Wildman–Crippen MR) is 150 cm³/mol. The number of amides is 1. The molecular weight excluding hydrogens is 508 g/mol. The lowest BCUT2D eigenvalue weighted by atomic mass is 9.77. The van der Waals surface area contributed by atoms with Crippen LogP contribution in [0.4, 0.5) is 0 Å². The summed E-state index contributed by atoms with van der Waals surface area (Å²) in [5, 5.41) is 4.34. The van der Waals surface area contributed by atoms with Gasteiger partial charge in [-0.1, -0.05) is 40.5 Å². The molecule has 2 fully saturated rings. The standard InChI is InChI=1S/C31H44N4O5/c1-20-24(19-36)34-17-25(20)39-26-18-35-27(13-15-32-35)33-23(26)12-8-6-7-10-21-11-9-14-31(21,5)40-28(37)16-22(29(34)38)30(2,3)4/h13,15,18-22,24-25H,6-12,14,16-17H2,1-5H3/t20-,21+,22+,24+,25-,31+/m0/s1. The fraction of sp³-hybridized carbons (Fsp3) is 0.710. The fourth-order valence-electron chi connectivity index (χ4n) is 6.96. The Morgan fingerprint density at radius 1 is 1.12 bits per heavy atom. The minimum atomic E-state index is -0.637. The van der Waals surface area contributed by atoms with E-state index in [-0.39, 0.29) is 30.8 Å². The molecule has 1 saturated heterocycles. The van der Waals surface area contributed by atoms with Gasteiger partial charge in [0, 0.05) is 12.0 Å². The number of aryl methyl sites for hydroxylation is 1. The number of aldehydes is 1. The SMILES string of the molecule is C[C@@H]1[C@@H]2CN(C(=O)[C@H](C(C)(C)C)CC(=O)O[C@]3(C)CCC[C@H]3CCCCCc3nc4ccnn4cc3O2)[C@@H]1C=O. The molecule has 9 heteroatoms. The zero-order valence-electron chi connectivity index (χ0n) is 24.6. The summed E-state index contributed by atoms with van der Waals surface area (Å²) >= 11 is 0. The Morgan fingerprint density at radius 2 is 1.90 bits per heavy atom. The van der Waals surface area contributed by atoms with Crippen molar-refractivity contribution in [3.63, 3.8) is 0 Å². The Hall–Kier alpha value is -2.97. The van der Waals surface area contributed by atoms with Gasteiger partial charge in [0.2, 0.25) is 5.91 Å². The summed E-state index contributed by atoms with van der Waals surface area (Å²) in [4.78, 5) is 46.2. The summed E-state index contributed by atoms with van der Waals surface area (Å²) < 4.78 is 14.4. The van der Waals surface area contributed by atoms with Crippen molar-refractivity contribution in [3.05, 3.63) is 24.2 Å². The van der Waals surface area contributed by atoms with Gasteiger partial charge in [0.25, 0.3) is 0 Å². The van der Waals surface area contributed by atoms with Crippen LogP contribution in [0.15, 0.2) is 18.5 Å². The number of fused-ring (bicyclic) bond motifs is 5. The summed E-state index contributed by atoms with van der Waals surface area (Å²) in [5.74, 6) is -0.403. The van der Waals surface area contributed by atoms with E-state index in [9.17, 15) is 14.4 Å². The van der Waals surface area contributed by atoms with Gasteiger partial charge in [0.15, 0.2) is 11.4 Å². The number of rotatable bonds is 1. The van der Waals surface area contributed by atoms with Gasteiger partial charge in [-0.2, -0.15) is 5.10 Å². The topological polar surface area (TPSA) is 103 Å². The van der Waals surface area contributed by atoms with Crippen molar-refractivity contribution in [2.24, 2.45) is 23.2 Å². The monoisotopic (exact) mass is 552 g/mol. The lowest BCUT2D eigenvalue weighted by molar-refractivity contribution is -0.167. The first kappa shape index (κ1) is 28.6.